The topological polar surface area (TPSA) is 90.8 Å². The lowest BCUT2D eigenvalue weighted by Gasteiger charge is -2.10. The molecule has 3 aromatic rings. The second-order valence-corrected chi connectivity index (χ2v) is 7.63. The third-order valence-corrected chi connectivity index (χ3v) is 4.90. The molecule has 0 unspecified atom stereocenters. The molecule has 8 heteroatoms. The van der Waals surface area contributed by atoms with E-state index in [9.17, 15) is 14.7 Å². The summed E-state index contributed by atoms with van der Waals surface area (Å²) in [5, 5.41) is 16.6. The van der Waals surface area contributed by atoms with Crippen LogP contribution in [0.25, 0.3) is 6.08 Å². The highest BCUT2D eigenvalue weighted by atomic mass is 79.9. The van der Waals surface area contributed by atoms with Gasteiger partial charge >= 0.3 is 0 Å². The van der Waals surface area contributed by atoms with Crippen LogP contribution in [0.4, 0.5) is 0 Å². The first-order valence-electron chi connectivity index (χ1n) is 9.08. The van der Waals surface area contributed by atoms with E-state index in [2.05, 4.69) is 31.8 Å². The normalized spacial score (nSPS) is 11.4. The van der Waals surface area contributed by atoms with Gasteiger partial charge in [-0.15, -0.1) is 0 Å². The van der Waals surface area contributed by atoms with E-state index < -0.39 is 11.8 Å². The zero-order chi connectivity index (χ0) is 22.2. The van der Waals surface area contributed by atoms with Crippen molar-refractivity contribution in [3.63, 3.8) is 0 Å². The van der Waals surface area contributed by atoms with Crippen molar-refractivity contribution in [2.24, 2.45) is 5.10 Å². The number of rotatable bonds is 6. The highest BCUT2D eigenvalue weighted by molar-refractivity contribution is 9.10. The van der Waals surface area contributed by atoms with Crippen LogP contribution in [0.5, 0.6) is 5.75 Å². The average molecular weight is 499 g/mol. The first kappa shape index (κ1) is 22.3. The first-order chi connectivity index (χ1) is 14.9. The molecule has 6 nitrogen and oxygen atoms in total. The number of nitrogens with zero attached hydrogens (tertiary/aromatic N) is 1. The molecule has 3 aromatic carbocycles. The van der Waals surface area contributed by atoms with Crippen molar-refractivity contribution in [2.75, 3.05) is 0 Å². The molecule has 31 heavy (non-hydrogen) atoms. The summed E-state index contributed by atoms with van der Waals surface area (Å²) in [7, 11) is 0. The molecule has 156 valence electrons. The van der Waals surface area contributed by atoms with Crippen molar-refractivity contribution < 1.29 is 14.7 Å². The number of hydrogen-bond donors (Lipinski definition) is 3. The summed E-state index contributed by atoms with van der Waals surface area (Å²) in [5.41, 5.74) is 3.69. The molecule has 0 heterocycles. The Kier molecular flexibility index (Phi) is 7.59. The number of carbonyl (C=O) groups excluding carboxylic acids is 2. The van der Waals surface area contributed by atoms with E-state index in [0.717, 1.165) is 4.47 Å². The molecular weight excluding hydrogens is 482 g/mol. The Morgan fingerprint density at radius 3 is 2.45 bits per heavy atom. The van der Waals surface area contributed by atoms with Gasteiger partial charge in [-0.05, 0) is 42.0 Å². The molecule has 0 aliphatic carbocycles. The van der Waals surface area contributed by atoms with Crippen molar-refractivity contribution in [1.82, 2.24) is 10.7 Å². The summed E-state index contributed by atoms with van der Waals surface area (Å²) >= 11 is 9.39. The zero-order valence-corrected chi connectivity index (χ0v) is 18.4. The van der Waals surface area contributed by atoms with Crippen LogP contribution in [0.3, 0.4) is 0 Å². The maximum atomic E-state index is 12.7. The monoisotopic (exact) mass is 497 g/mol. The van der Waals surface area contributed by atoms with E-state index in [1.54, 1.807) is 48.5 Å². The molecule has 0 aliphatic rings. The van der Waals surface area contributed by atoms with E-state index in [-0.39, 0.29) is 22.0 Å². The number of nitrogens with one attached hydrogen (secondary N) is 2. The van der Waals surface area contributed by atoms with Gasteiger partial charge in [0.1, 0.15) is 11.4 Å². The molecule has 0 aliphatic heterocycles. The van der Waals surface area contributed by atoms with Crippen LogP contribution in [0.2, 0.25) is 5.02 Å². The van der Waals surface area contributed by atoms with Gasteiger partial charge in [0, 0.05) is 10.0 Å². The predicted molar refractivity (Wildman–Crippen MR) is 125 cm³/mol. The summed E-state index contributed by atoms with van der Waals surface area (Å²) in [5.74, 6) is -1.17. The van der Waals surface area contributed by atoms with Crippen LogP contribution < -0.4 is 10.7 Å². The van der Waals surface area contributed by atoms with Gasteiger partial charge in [-0.2, -0.15) is 5.10 Å². The van der Waals surface area contributed by atoms with Gasteiger partial charge < -0.3 is 10.4 Å². The molecule has 0 saturated carbocycles. The van der Waals surface area contributed by atoms with E-state index in [1.807, 2.05) is 18.2 Å². The van der Waals surface area contributed by atoms with Crippen LogP contribution in [0, 0.1) is 0 Å². The molecule has 0 radical (unpaired) electrons. The molecule has 0 aromatic heterocycles. The molecular formula is C23H17BrClN3O3. The molecule has 0 fully saturated rings. The second-order valence-electron chi connectivity index (χ2n) is 6.30. The number of amides is 2. The second kappa shape index (κ2) is 10.6. The summed E-state index contributed by atoms with van der Waals surface area (Å²) in [6, 6.07) is 20.4. The van der Waals surface area contributed by atoms with E-state index in [0.29, 0.717) is 11.1 Å². The Bertz CT molecular complexity index is 1160. The largest absolute Gasteiger partial charge is 0.507 e. The van der Waals surface area contributed by atoms with Crippen LogP contribution >= 0.6 is 27.5 Å². The Morgan fingerprint density at radius 2 is 1.71 bits per heavy atom. The number of phenols is 1. The smallest absolute Gasteiger partial charge is 0.287 e. The number of aromatic hydroxyl groups is 1. The average Bonchev–Trinajstić information content (AvgIpc) is 2.76. The van der Waals surface area contributed by atoms with Gasteiger partial charge in [0.2, 0.25) is 0 Å². The zero-order valence-electron chi connectivity index (χ0n) is 16.0. The summed E-state index contributed by atoms with van der Waals surface area (Å²) in [6.45, 7) is 0. The van der Waals surface area contributed by atoms with Crippen LogP contribution in [0.15, 0.2) is 88.1 Å². The summed E-state index contributed by atoms with van der Waals surface area (Å²) in [6.07, 6.45) is 2.82. The molecule has 2 amide bonds. The number of carbonyl (C=O) groups is 2. The van der Waals surface area contributed by atoms with E-state index in [4.69, 9.17) is 11.6 Å². The van der Waals surface area contributed by atoms with Crippen molar-refractivity contribution >= 4 is 51.6 Å². The fraction of sp³-hybridized carbons (Fsp3) is 0. The van der Waals surface area contributed by atoms with Crippen LogP contribution in [-0.2, 0) is 4.79 Å². The molecule has 0 spiro atoms. The fourth-order valence-electron chi connectivity index (χ4n) is 2.56. The van der Waals surface area contributed by atoms with Crippen molar-refractivity contribution in [3.8, 4) is 5.75 Å². The SMILES string of the molecule is O=C(NN=Cc1cc(Br)ccc1O)C(=Cc1ccccc1)NC(=O)c1ccccc1Cl. The lowest BCUT2D eigenvalue weighted by atomic mass is 10.1. The van der Waals surface area contributed by atoms with Gasteiger partial charge in [0.15, 0.2) is 0 Å². The maximum Gasteiger partial charge on any atom is 0.287 e. The van der Waals surface area contributed by atoms with Gasteiger partial charge in [-0.3, -0.25) is 9.59 Å². The third kappa shape index (κ3) is 6.28. The minimum atomic E-state index is -0.644. The van der Waals surface area contributed by atoms with Gasteiger partial charge in [0.05, 0.1) is 16.8 Å². The quantitative estimate of drug-likeness (QED) is 0.261. The lowest BCUT2D eigenvalue weighted by molar-refractivity contribution is -0.117. The number of hydrazone groups is 1. The van der Waals surface area contributed by atoms with Crippen LogP contribution in [-0.4, -0.2) is 23.1 Å². The highest BCUT2D eigenvalue weighted by Crippen LogP contribution is 2.20. The molecule has 0 atom stereocenters. The van der Waals surface area contributed by atoms with Crippen molar-refractivity contribution in [1.29, 1.82) is 0 Å². The van der Waals surface area contributed by atoms with Crippen LogP contribution in [0.1, 0.15) is 21.5 Å². The maximum absolute atomic E-state index is 12.7. The Labute approximate surface area is 192 Å². The summed E-state index contributed by atoms with van der Waals surface area (Å²) < 4.78 is 0.745. The fourth-order valence-corrected chi connectivity index (χ4v) is 3.16. The van der Waals surface area contributed by atoms with E-state index >= 15 is 0 Å². The Morgan fingerprint density at radius 1 is 1.00 bits per heavy atom. The number of halogens is 2. The number of phenolic OH excluding ortho intramolecular Hbond substituents is 1. The first-order valence-corrected chi connectivity index (χ1v) is 10.3. The molecule has 3 N–H and O–H groups in total. The minimum Gasteiger partial charge on any atom is -0.507 e. The number of hydrogen-bond acceptors (Lipinski definition) is 4. The molecule has 3 rings (SSSR count). The summed E-state index contributed by atoms with van der Waals surface area (Å²) in [4.78, 5) is 25.4. The van der Waals surface area contributed by atoms with E-state index in [1.165, 1.54) is 18.4 Å². The van der Waals surface area contributed by atoms with Gasteiger partial charge in [-0.25, -0.2) is 5.43 Å². The van der Waals surface area contributed by atoms with Crippen molar-refractivity contribution in [3.05, 3.63) is 105 Å². The standard InChI is InChI=1S/C23H17BrClN3O3/c24-17-10-11-21(29)16(13-17)14-26-28-23(31)20(12-15-6-2-1-3-7-15)27-22(30)18-8-4-5-9-19(18)25/h1-14,29H,(H,27,30)(H,28,31). The Hall–Kier alpha value is -3.42. The molecule has 0 saturated heterocycles. The van der Waals surface area contributed by atoms with Gasteiger partial charge in [-0.1, -0.05) is 70.0 Å². The third-order valence-electron chi connectivity index (χ3n) is 4.08. The molecule has 0 bridgehead atoms. The predicted octanol–water partition coefficient (Wildman–Crippen LogP) is 4.73. The minimum absolute atomic E-state index is 0.00766. The van der Waals surface area contributed by atoms with Gasteiger partial charge in [0.25, 0.3) is 11.8 Å². The lowest BCUT2D eigenvalue weighted by Crippen LogP contribution is -2.33. The van der Waals surface area contributed by atoms with Crippen molar-refractivity contribution in [2.45, 2.75) is 0 Å². The number of benzene rings is 3. The Balaban J connectivity index is 1.82. The highest BCUT2D eigenvalue weighted by Gasteiger charge is 2.16.